The molecule has 1 fully saturated rings. The molecule has 2 aromatic rings. The van der Waals surface area contributed by atoms with E-state index in [1.165, 1.54) is 5.56 Å². The number of hydrogen-bond donors (Lipinski definition) is 1. The number of rotatable bonds is 9. The smallest absolute Gasteiger partial charge is 0.273 e. The molecule has 3 rings (SSSR count). The van der Waals surface area contributed by atoms with Crippen LogP contribution in [0, 0.1) is 0 Å². The zero-order valence-electron chi connectivity index (χ0n) is 17.7. The molecular weight excluding hydrogens is 368 g/mol. The van der Waals surface area contributed by atoms with Crippen LogP contribution in [0.25, 0.3) is 0 Å². The summed E-state index contributed by atoms with van der Waals surface area (Å²) in [7, 11) is 0. The van der Waals surface area contributed by atoms with Crippen LogP contribution in [-0.2, 0) is 13.1 Å². The molecule has 8 nitrogen and oxygen atoms in total. The van der Waals surface area contributed by atoms with Crippen LogP contribution >= 0.6 is 0 Å². The quantitative estimate of drug-likeness (QED) is 0.690. The van der Waals surface area contributed by atoms with Crippen molar-refractivity contribution in [1.82, 2.24) is 30.1 Å². The van der Waals surface area contributed by atoms with E-state index in [9.17, 15) is 4.79 Å². The van der Waals surface area contributed by atoms with Gasteiger partial charge >= 0.3 is 0 Å². The van der Waals surface area contributed by atoms with Crippen molar-refractivity contribution >= 4 is 5.91 Å². The molecule has 0 unspecified atom stereocenters. The third kappa shape index (κ3) is 6.27. The Morgan fingerprint density at radius 1 is 1.14 bits per heavy atom. The first kappa shape index (κ1) is 21.3. The minimum Gasteiger partial charge on any atom is -0.494 e. The van der Waals surface area contributed by atoms with E-state index >= 15 is 0 Å². The van der Waals surface area contributed by atoms with Gasteiger partial charge in [0.1, 0.15) is 5.75 Å². The molecule has 1 N–H and O–H groups in total. The van der Waals surface area contributed by atoms with E-state index in [4.69, 9.17) is 4.74 Å². The fourth-order valence-corrected chi connectivity index (χ4v) is 3.43. The highest BCUT2D eigenvalue weighted by Crippen LogP contribution is 2.20. The first-order chi connectivity index (χ1) is 14.0. The maximum absolute atomic E-state index is 12.0. The molecule has 0 aliphatic carbocycles. The fraction of sp³-hybridized carbons (Fsp3) is 0.571. The predicted octanol–water partition coefficient (Wildman–Crippen LogP) is 1.63. The second-order valence-electron chi connectivity index (χ2n) is 7.65. The number of amides is 1. The minimum atomic E-state index is -0.174. The Morgan fingerprint density at radius 3 is 2.59 bits per heavy atom. The number of benzene rings is 1. The highest BCUT2D eigenvalue weighted by atomic mass is 16.5. The van der Waals surface area contributed by atoms with Crippen LogP contribution in [0.1, 0.15) is 36.8 Å². The number of nitrogens with one attached hydrogen (secondary N) is 1. The summed E-state index contributed by atoms with van der Waals surface area (Å²) in [5.74, 6) is 0.813. The van der Waals surface area contributed by atoms with Gasteiger partial charge in [0.05, 0.1) is 19.3 Å². The average molecular weight is 401 g/mol. The molecule has 1 aromatic carbocycles. The predicted molar refractivity (Wildman–Crippen MR) is 112 cm³/mol. The van der Waals surface area contributed by atoms with E-state index in [0.29, 0.717) is 12.3 Å². The van der Waals surface area contributed by atoms with Crippen molar-refractivity contribution in [3.05, 3.63) is 41.7 Å². The lowest BCUT2D eigenvalue weighted by Gasteiger charge is -2.34. The van der Waals surface area contributed by atoms with Crippen molar-refractivity contribution in [3.63, 3.8) is 0 Å². The molecule has 0 saturated carbocycles. The Labute approximate surface area is 172 Å². The molecule has 8 heteroatoms. The number of ether oxygens (including phenoxy) is 1. The molecule has 2 heterocycles. The lowest BCUT2D eigenvalue weighted by atomic mass is 10.1. The van der Waals surface area contributed by atoms with Gasteiger partial charge in [0.2, 0.25) is 0 Å². The van der Waals surface area contributed by atoms with E-state index in [1.54, 1.807) is 10.9 Å². The van der Waals surface area contributed by atoms with Gasteiger partial charge in [-0.1, -0.05) is 23.4 Å². The second-order valence-corrected chi connectivity index (χ2v) is 7.65. The molecule has 1 aliphatic rings. The summed E-state index contributed by atoms with van der Waals surface area (Å²) in [6.45, 7) is 13.2. The number of aromatic nitrogens is 3. The fourth-order valence-electron chi connectivity index (χ4n) is 3.43. The van der Waals surface area contributed by atoms with E-state index in [2.05, 4.69) is 37.6 Å². The number of para-hydroxylation sites is 1. The third-order valence-electron chi connectivity index (χ3n) is 4.97. The van der Waals surface area contributed by atoms with Gasteiger partial charge in [0, 0.05) is 50.9 Å². The summed E-state index contributed by atoms with van der Waals surface area (Å²) in [5, 5.41) is 10.9. The van der Waals surface area contributed by atoms with Gasteiger partial charge in [-0.15, -0.1) is 5.10 Å². The number of hydrogen-bond acceptors (Lipinski definition) is 6. The second kappa shape index (κ2) is 10.4. The van der Waals surface area contributed by atoms with Gasteiger partial charge in [0.25, 0.3) is 5.91 Å². The first-order valence-electron chi connectivity index (χ1n) is 10.4. The summed E-state index contributed by atoms with van der Waals surface area (Å²) in [6.07, 6.45) is 1.72. The molecule has 1 aliphatic heterocycles. The zero-order chi connectivity index (χ0) is 20.6. The van der Waals surface area contributed by atoms with Crippen LogP contribution in [0.15, 0.2) is 30.5 Å². The van der Waals surface area contributed by atoms with Crippen LogP contribution in [0.2, 0.25) is 0 Å². The summed E-state index contributed by atoms with van der Waals surface area (Å²) in [5.41, 5.74) is 1.62. The number of nitrogens with zero attached hydrogens (tertiary/aromatic N) is 5. The van der Waals surface area contributed by atoms with Crippen LogP contribution in [0.3, 0.4) is 0 Å². The molecule has 1 saturated heterocycles. The van der Waals surface area contributed by atoms with Crippen LogP contribution in [-0.4, -0.2) is 76.1 Å². The largest absolute Gasteiger partial charge is 0.494 e. The Kier molecular flexibility index (Phi) is 7.60. The van der Waals surface area contributed by atoms with Crippen molar-refractivity contribution in [2.45, 2.75) is 39.9 Å². The lowest BCUT2D eigenvalue weighted by molar-refractivity contribution is 0.0938. The van der Waals surface area contributed by atoms with Crippen molar-refractivity contribution in [2.24, 2.45) is 0 Å². The minimum absolute atomic E-state index is 0.0875. The molecule has 158 valence electrons. The topological polar surface area (TPSA) is 75.5 Å². The Bertz CT molecular complexity index is 783. The monoisotopic (exact) mass is 400 g/mol. The number of piperazine rings is 1. The van der Waals surface area contributed by atoms with Gasteiger partial charge in [0.15, 0.2) is 5.69 Å². The molecule has 0 bridgehead atoms. The summed E-state index contributed by atoms with van der Waals surface area (Å²) in [6, 6.07) is 8.37. The van der Waals surface area contributed by atoms with Crippen molar-refractivity contribution in [2.75, 3.05) is 39.3 Å². The van der Waals surface area contributed by atoms with Crippen molar-refractivity contribution < 1.29 is 9.53 Å². The van der Waals surface area contributed by atoms with E-state index < -0.39 is 0 Å². The molecular formula is C21H32N6O2. The average Bonchev–Trinajstić information content (AvgIpc) is 3.18. The van der Waals surface area contributed by atoms with Crippen molar-refractivity contribution in [3.8, 4) is 5.75 Å². The number of carbonyl (C=O) groups is 1. The maximum Gasteiger partial charge on any atom is 0.273 e. The Balaban J connectivity index is 1.43. The molecule has 0 spiro atoms. The highest BCUT2D eigenvalue weighted by Gasteiger charge is 2.18. The molecule has 0 radical (unpaired) electrons. The van der Waals surface area contributed by atoms with E-state index in [1.807, 2.05) is 32.9 Å². The highest BCUT2D eigenvalue weighted by molar-refractivity contribution is 5.91. The first-order valence-corrected chi connectivity index (χ1v) is 10.4. The lowest BCUT2D eigenvalue weighted by Crippen LogP contribution is -2.46. The van der Waals surface area contributed by atoms with Gasteiger partial charge in [-0.25, -0.2) is 0 Å². The normalized spacial score (nSPS) is 15.6. The summed E-state index contributed by atoms with van der Waals surface area (Å²) in [4.78, 5) is 16.9. The van der Waals surface area contributed by atoms with E-state index in [0.717, 1.165) is 51.6 Å². The maximum atomic E-state index is 12.0. The Morgan fingerprint density at radius 2 is 1.86 bits per heavy atom. The van der Waals surface area contributed by atoms with Crippen molar-refractivity contribution in [1.29, 1.82) is 0 Å². The van der Waals surface area contributed by atoms with Crippen LogP contribution in [0.5, 0.6) is 5.75 Å². The van der Waals surface area contributed by atoms with Gasteiger partial charge < -0.3 is 10.1 Å². The molecule has 0 atom stereocenters. The third-order valence-corrected chi connectivity index (χ3v) is 4.97. The zero-order valence-corrected chi connectivity index (χ0v) is 17.7. The van der Waals surface area contributed by atoms with Gasteiger partial charge in [-0.2, -0.15) is 0 Å². The van der Waals surface area contributed by atoms with Gasteiger partial charge in [-0.3, -0.25) is 19.3 Å². The summed E-state index contributed by atoms with van der Waals surface area (Å²) < 4.78 is 7.50. The SMILES string of the molecule is CCOc1ccccc1CN1CCN(CCn2cc(C(=O)NC(C)C)nn2)CC1. The van der Waals surface area contributed by atoms with Gasteiger partial charge in [-0.05, 0) is 26.8 Å². The molecule has 1 amide bonds. The van der Waals surface area contributed by atoms with E-state index in [-0.39, 0.29) is 11.9 Å². The number of carbonyl (C=O) groups excluding carboxylic acids is 1. The Hall–Kier alpha value is -2.45. The summed E-state index contributed by atoms with van der Waals surface area (Å²) >= 11 is 0. The molecule has 29 heavy (non-hydrogen) atoms. The van der Waals surface area contributed by atoms with Crippen LogP contribution < -0.4 is 10.1 Å². The standard InChI is InChI=1S/C21H32N6O2/c1-4-29-20-8-6-5-7-18(20)15-26-11-9-25(10-12-26)13-14-27-16-19(23-24-27)21(28)22-17(2)3/h5-8,16-17H,4,9-15H2,1-3H3,(H,22,28). The van der Waals surface area contributed by atoms with Crippen LogP contribution in [0.4, 0.5) is 0 Å². The molecule has 1 aromatic heterocycles.